The zero-order valence-electron chi connectivity index (χ0n) is 11.4. The smallest absolute Gasteiger partial charge is 0.339 e. The van der Waals surface area contributed by atoms with Gasteiger partial charge in [0.15, 0.2) is 5.78 Å². The summed E-state index contributed by atoms with van der Waals surface area (Å²) >= 11 is 17.6. The molecule has 0 aromatic heterocycles. The number of phenols is 1. The third-order valence-corrected chi connectivity index (χ3v) is 3.74. The first-order valence-electron chi connectivity index (χ1n) is 6.23. The van der Waals surface area contributed by atoms with Gasteiger partial charge in [0.1, 0.15) is 11.3 Å². The summed E-state index contributed by atoms with van der Waals surface area (Å²) in [6, 6.07) is 7.00. The highest BCUT2D eigenvalue weighted by Gasteiger charge is 2.18. The van der Waals surface area contributed by atoms with Crippen LogP contribution in [0.4, 0.5) is 0 Å². The molecule has 118 valence electrons. The first-order chi connectivity index (χ1) is 10.8. The summed E-state index contributed by atoms with van der Waals surface area (Å²) < 4.78 is 0. The lowest BCUT2D eigenvalue weighted by Gasteiger charge is -2.06. The van der Waals surface area contributed by atoms with Gasteiger partial charge >= 0.3 is 5.97 Å². The summed E-state index contributed by atoms with van der Waals surface area (Å²) in [4.78, 5) is 23.2. The van der Waals surface area contributed by atoms with Crippen LogP contribution >= 0.6 is 34.8 Å². The lowest BCUT2D eigenvalue weighted by atomic mass is 10.0. The first kappa shape index (κ1) is 17.3. The minimum Gasteiger partial charge on any atom is -0.506 e. The zero-order valence-corrected chi connectivity index (χ0v) is 13.7. The number of carbonyl (C=O) groups excluding carboxylic acids is 1. The van der Waals surface area contributed by atoms with Crippen molar-refractivity contribution in [2.45, 2.75) is 0 Å². The van der Waals surface area contributed by atoms with Gasteiger partial charge in [0.05, 0.1) is 5.56 Å². The standard InChI is InChI=1S/C16H9Cl3O4/c17-9-2-3-13(19)8(5-9)1-4-14(20)11-6-10(18)7-12(15(11)21)16(22)23/h1-7,21H,(H,22,23)/b4-1+. The Balaban J connectivity index is 2.40. The molecule has 0 radical (unpaired) electrons. The average Bonchev–Trinajstić information content (AvgIpc) is 2.49. The van der Waals surface area contributed by atoms with Crippen molar-refractivity contribution in [2.24, 2.45) is 0 Å². The lowest BCUT2D eigenvalue weighted by Crippen LogP contribution is -2.03. The number of halogens is 3. The Morgan fingerprint density at radius 3 is 2.26 bits per heavy atom. The number of aromatic hydroxyl groups is 1. The summed E-state index contributed by atoms with van der Waals surface area (Å²) in [5.41, 5.74) is -0.160. The number of carbonyl (C=O) groups is 2. The number of rotatable bonds is 4. The Bertz CT molecular complexity index is 828. The summed E-state index contributed by atoms with van der Waals surface area (Å²) in [7, 11) is 0. The molecule has 0 heterocycles. The maximum absolute atomic E-state index is 12.2. The minimum atomic E-state index is -1.39. The summed E-state index contributed by atoms with van der Waals surface area (Å²) in [6.07, 6.45) is 2.56. The maximum atomic E-state index is 12.2. The highest BCUT2D eigenvalue weighted by Crippen LogP contribution is 2.28. The van der Waals surface area contributed by atoms with E-state index in [0.29, 0.717) is 15.6 Å². The molecule has 0 unspecified atom stereocenters. The number of hydrogen-bond donors (Lipinski definition) is 2. The second-order valence-electron chi connectivity index (χ2n) is 4.52. The molecular weight excluding hydrogens is 363 g/mol. The van der Waals surface area contributed by atoms with Crippen LogP contribution in [0.25, 0.3) is 6.08 Å². The van der Waals surface area contributed by atoms with E-state index in [9.17, 15) is 14.7 Å². The van der Waals surface area contributed by atoms with Crippen molar-refractivity contribution in [3.8, 4) is 5.75 Å². The van der Waals surface area contributed by atoms with Gasteiger partial charge in [-0.1, -0.05) is 34.8 Å². The van der Waals surface area contributed by atoms with Gasteiger partial charge in [-0.05, 0) is 48.0 Å². The number of hydrogen-bond acceptors (Lipinski definition) is 3. The Labute approximate surface area is 146 Å². The van der Waals surface area contributed by atoms with Crippen LogP contribution < -0.4 is 0 Å². The van der Waals surface area contributed by atoms with Gasteiger partial charge in [-0.25, -0.2) is 4.79 Å². The van der Waals surface area contributed by atoms with Crippen molar-refractivity contribution >= 4 is 52.6 Å². The fourth-order valence-corrected chi connectivity index (χ4v) is 2.43. The number of carboxylic acid groups (broad SMARTS) is 1. The second kappa shape index (κ2) is 7.04. The Morgan fingerprint density at radius 2 is 1.61 bits per heavy atom. The molecule has 0 atom stereocenters. The van der Waals surface area contributed by atoms with E-state index in [1.54, 1.807) is 18.2 Å². The van der Waals surface area contributed by atoms with Crippen molar-refractivity contribution in [3.63, 3.8) is 0 Å². The monoisotopic (exact) mass is 370 g/mol. The van der Waals surface area contributed by atoms with Gasteiger partial charge in [0.25, 0.3) is 0 Å². The third kappa shape index (κ3) is 4.05. The highest BCUT2D eigenvalue weighted by molar-refractivity contribution is 6.34. The molecule has 2 rings (SSSR count). The lowest BCUT2D eigenvalue weighted by molar-refractivity contribution is 0.0693. The number of ketones is 1. The molecule has 0 saturated heterocycles. The van der Waals surface area contributed by atoms with E-state index in [0.717, 1.165) is 12.1 Å². The van der Waals surface area contributed by atoms with Gasteiger partial charge in [-0.3, -0.25) is 4.79 Å². The van der Waals surface area contributed by atoms with E-state index in [4.69, 9.17) is 39.9 Å². The highest BCUT2D eigenvalue weighted by atomic mass is 35.5. The Morgan fingerprint density at radius 1 is 0.957 bits per heavy atom. The van der Waals surface area contributed by atoms with Crippen LogP contribution in [0.1, 0.15) is 26.3 Å². The van der Waals surface area contributed by atoms with Crippen molar-refractivity contribution in [3.05, 3.63) is 68.2 Å². The molecular formula is C16H9Cl3O4. The van der Waals surface area contributed by atoms with Gasteiger partial charge in [0.2, 0.25) is 0 Å². The predicted molar refractivity (Wildman–Crippen MR) is 89.9 cm³/mol. The Hall–Kier alpha value is -2.01. The van der Waals surface area contributed by atoms with Crippen LogP contribution in [0.2, 0.25) is 15.1 Å². The van der Waals surface area contributed by atoms with Crippen LogP contribution in [0, 0.1) is 0 Å². The average molecular weight is 372 g/mol. The van der Waals surface area contributed by atoms with E-state index in [1.165, 1.54) is 12.1 Å². The predicted octanol–water partition coefficient (Wildman–Crippen LogP) is 4.95. The van der Waals surface area contributed by atoms with Crippen LogP contribution in [-0.4, -0.2) is 22.0 Å². The maximum Gasteiger partial charge on any atom is 0.339 e. The number of aromatic carboxylic acids is 1. The van der Waals surface area contributed by atoms with Gasteiger partial charge in [-0.15, -0.1) is 0 Å². The summed E-state index contributed by atoms with van der Waals surface area (Å²) in [5.74, 6) is -2.65. The molecule has 0 saturated carbocycles. The normalized spacial score (nSPS) is 10.9. The van der Waals surface area contributed by atoms with Crippen molar-refractivity contribution in [1.29, 1.82) is 0 Å². The van der Waals surface area contributed by atoms with Crippen molar-refractivity contribution in [2.75, 3.05) is 0 Å². The fraction of sp³-hybridized carbons (Fsp3) is 0. The van der Waals surface area contributed by atoms with E-state index in [-0.39, 0.29) is 10.6 Å². The molecule has 2 N–H and O–H groups in total. The second-order valence-corrected chi connectivity index (χ2v) is 5.80. The molecule has 2 aromatic carbocycles. The van der Waals surface area contributed by atoms with E-state index in [2.05, 4.69) is 0 Å². The van der Waals surface area contributed by atoms with Crippen LogP contribution in [0.5, 0.6) is 5.75 Å². The molecule has 0 bridgehead atoms. The number of carboxylic acids is 1. The van der Waals surface area contributed by atoms with Crippen molar-refractivity contribution < 1.29 is 19.8 Å². The number of allylic oxidation sites excluding steroid dienone is 1. The third-order valence-electron chi connectivity index (χ3n) is 2.94. The van der Waals surface area contributed by atoms with Gasteiger partial charge in [0, 0.05) is 15.1 Å². The van der Waals surface area contributed by atoms with E-state index >= 15 is 0 Å². The fourth-order valence-electron chi connectivity index (χ4n) is 1.85. The topological polar surface area (TPSA) is 74.6 Å². The quantitative estimate of drug-likeness (QED) is 0.589. The Kier molecular flexibility index (Phi) is 5.31. The molecule has 7 heteroatoms. The SMILES string of the molecule is O=C(O)c1cc(Cl)cc(C(=O)/C=C/c2cc(Cl)ccc2Cl)c1O. The van der Waals surface area contributed by atoms with Gasteiger partial charge < -0.3 is 10.2 Å². The van der Waals surface area contributed by atoms with Crippen molar-refractivity contribution in [1.82, 2.24) is 0 Å². The minimum absolute atomic E-state index is 0.0257. The molecule has 0 aliphatic heterocycles. The molecule has 2 aromatic rings. The molecule has 0 spiro atoms. The van der Waals surface area contributed by atoms with E-state index < -0.39 is 23.1 Å². The zero-order chi connectivity index (χ0) is 17.1. The largest absolute Gasteiger partial charge is 0.506 e. The molecule has 0 fully saturated rings. The molecule has 0 aliphatic carbocycles. The van der Waals surface area contributed by atoms with Crippen LogP contribution in [0.3, 0.4) is 0 Å². The molecule has 0 amide bonds. The molecule has 4 nitrogen and oxygen atoms in total. The van der Waals surface area contributed by atoms with Crippen LogP contribution in [-0.2, 0) is 0 Å². The summed E-state index contributed by atoms with van der Waals surface area (Å²) in [6.45, 7) is 0. The molecule has 23 heavy (non-hydrogen) atoms. The number of benzene rings is 2. The van der Waals surface area contributed by atoms with E-state index in [1.807, 2.05) is 0 Å². The van der Waals surface area contributed by atoms with Crippen LogP contribution in [0.15, 0.2) is 36.4 Å². The first-order valence-corrected chi connectivity index (χ1v) is 7.36. The van der Waals surface area contributed by atoms with Gasteiger partial charge in [-0.2, -0.15) is 0 Å². The summed E-state index contributed by atoms with van der Waals surface area (Å²) in [5, 5.41) is 19.8. The molecule has 0 aliphatic rings.